The first kappa shape index (κ1) is 46.3. The maximum atomic E-state index is 2.56. The molecule has 0 bridgehead atoms. The van der Waals surface area contributed by atoms with Gasteiger partial charge in [-0.25, -0.2) is 0 Å². The van der Waals surface area contributed by atoms with Gasteiger partial charge in [-0.2, -0.15) is 0 Å². The fraction of sp³-hybridized carbons (Fsp3) is 0.151. The lowest BCUT2D eigenvalue weighted by Gasteiger charge is -2.35. The molecule has 0 radical (unpaired) electrons. The molecule has 0 fully saturated rings. The molecule has 9 aromatic rings. The van der Waals surface area contributed by atoms with E-state index >= 15 is 0 Å². The first-order valence-corrected chi connectivity index (χ1v) is 27.0. The standard InChI is InChI=1S/C73H62N2/c1-48(2)68-46-62(74(58-20-8-6-9-21-58)60-33-29-52(30-34-60)56-27-25-50-16-12-14-18-54(50)44-56)37-40-66(68)71-49(3)24-39-65-64(71)42-43-69-72(65)67-41-38-63(47-70(67)73(69,4)5)75(59-22-10-7-11-23-59)61-35-31-53(32-36-61)57-28-26-51-17-13-15-19-55(51)45-57/h6-37,40,42-48,65H,38-39,41H2,1-5H3. The number of nitrogens with zero attached hydrogens (tertiary/aromatic N) is 2. The van der Waals surface area contributed by atoms with Gasteiger partial charge in [-0.05, 0) is 205 Å². The van der Waals surface area contributed by atoms with Crippen LogP contribution in [-0.4, -0.2) is 0 Å². The molecular weight excluding hydrogens is 905 g/mol. The first-order chi connectivity index (χ1) is 36.7. The van der Waals surface area contributed by atoms with Crippen LogP contribution in [0.4, 0.5) is 28.4 Å². The molecule has 4 aliphatic rings. The third-order valence-electron chi connectivity index (χ3n) is 16.6. The highest BCUT2D eigenvalue weighted by Crippen LogP contribution is 2.59. The van der Waals surface area contributed by atoms with E-state index in [2.05, 4.69) is 281 Å². The molecule has 0 saturated heterocycles. The van der Waals surface area contributed by atoms with Crippen molar-refractivity contribution >= 4 is 55.6 Å². The molecule has 0 spiro atoms. The molecule has 364 valence electrons. The van der Waals surface area contributed by atoms with Crippen LogP contribution in [0.15, 0.2) is 276 Å². The number of fused-ring (bicyclic) bond motifs is 5. The minimum absolute atomic E-state index is 0.129. The Morgan fingerprint density at radius 2 is 0.973 bits per heavy atom. The lowest BCUT2D eigenvalue weighted by molar-refractivity contribution is 0.563. The van der Waals surface area contributed by atoms with Gasteiger partial charge in [0.15, 0.2) is 0 Å². The molecule has 4 aliphatic carbocycles. The quantitative estimate of drug-likeness (QED) is 0.135. The summed E-state index contributed by atoms with van der Waals surface area (Å²) in [5, 5.41) is 5.05. The average molecular weight is 967 g/mol. The van der Waals surface area contributed by atoms with Crippen molar-refractivity contribution in [2.75, 3.05) is 9.80 Å². The molecule has 75 heavy (non-hydrogen) atoms. The van der Waals surface area contributed by atoms with Gasteiger partial charge in [-0.15, -0.1) is 0 Å². The van der Waals surface area contributed by atoms with Gasteiger partial charge in [0.05, 0.1) is 0 Å². The van der Waals surface area contributed by atoms with E-state index in [1.807, 2.05) is 0 Å². The molecule has 0 heterocycles. The summed E-state index contributed by atoms with van der Waals surface area (Å²) in [6, 6.07) is 78.1. The van der Waals surface area contributed by atoms with Gasteiger partial charge in [-0.1, -0.05) is 185 Å². The topological polar surface area (TPSA) is 6.48 Å². The number of hydrogen-bond donors (Lipinski definition) is 0. The molecule has 0 saturated carbocycles. The van der Waals surface area contributed by atoms with Crippen molar-refractivity contribution in [3.05, 3.63) is 287 Å². The Morgan fingerprint density at radius 1 is 0.467 bits per heavy atom. The van der Waals surface area contributed by atoms with E-state index in [9.17, 15) is 0 Å². The van der Waals surface area contributed by atoms with E-state index < -0.39 is 0 Å². The highest BCUT2D eigenvalue weighted by Gasteiger charge is 2.45. The predicted molar refractivity (Wildman–Crippen MR) is 319 cm³/mol. The van der Waals surface area contributed by atoms with Gasteiger partial charge in [0, 0.05) is 45.5 Å². The number of rotatable bonds is 10. The highest BCUT2D eigenvalue weighted by molar-refractivity contribution is 5.91. The van der Waals surface area contributed by atoms with Crippen molar-refractivity contribution in [1.29, 1.82) is 0 Å². The Balaban J connectivity index is 0.846. The van der Waals surface area contributed by atoms with E-state index in [1.165, 1.54) is 106 Å². The molecule has 2 nitrogen and oxygen atoms in total. The van der Waals surface area contributed by atoms with Crippen LogP contribution in [0.25, 0.3) is 49.4 Å². The van der Waals surface area contributed by atoms with Crippen LogP contribution in [0.2, 0.25) is 0 Å². The van der Waals surface area contributed by atoms with Crippen molar-refractivity contribution in [2.45, 2.75) is 59.8 Å². The fourth-order valence-electron chi connectivity index (χ4n) is 12.8. The molecule has 13 rings (SSSR count). The SMILES string of the molecule is CC1=CCC2C(=C1c1ccc(N(c3ccccc3)c3ccc(-c4ccc5ccccc5c4)cc3)cc1C(C)C)C=CC1=C2C2=C(C=C(N(c3ccccc3)c3ccc(-c4ccc5ccccc5c4)cc3)CC2)C1(C)C. The third-order valence-corrected chi connectivity index (χ3v) is 16.6. The second kappa shape index (κ2) is 18.8. The zero-order chi connectivity index (χ0) is 50.8. The molecule has 0 aliphatic heterocycles. The Labute approximate surface area is 443 Å². The van der Waals surface area contributed by atoms with Gasteiger partial charge < -0.3 is 9.80 Å². The lowest BCUT2D eigenvalue weighted by atomic mass is 9.70. The lowest BCUT2D eigenvalue weighted by Crippen LogP contribution is -2.21. The van der Waals surface area contributed by atoms with Gasteiger partial charge >= 0.3 is 0 Å². The normalized spacial score (nSPS) is 16.7. The Hall–Kier alpha value is -8.46. The van der Waals surface area contributed by atoms with Gasteiger partial charge in [0.25, 0.3) is 0 Å². The van der Waals surface area contributed by atoms with E-state index in [-0.39, 0.29) is 5.41 Å². The van der Waals surface area contributed by atoms with E-state index in [0.717, 1.165) is 30.6 Å². The van der Waals surface area contributed by atoms with Crippen molar-refractivity contribution in [3.63, 3.8) is 0 Å². The monoisotopic (exact) mass is 966 g/mol. The summed E-state index contributed by atoms with van der Waals surface area (Å²) in [7, 11) is 0. The summed E-state index contributed by atoms with van der Waals surface area (Å²) >= 11 is 0. The summed E-state index contributed by atoms with van der Waals surface area (Å²) in [6.07, 6.45) is 13.1. The van der Waals surface area contributed by atoms with Gasteiger partial charge in [0.1, 0.15) is 0 Å². The molecule has 0 aromatic heterocycles. The summed E-state index contributed by atoms with van der Waals surface area (Å²) in [4.78, 5) is 4.92. The predicted octanol–water partition coefficient (Wildman–Crippen LogP) is 20.4. The number of para-hydroxylation sites is 2. The van der Waals surface area contributed by atoms with Crippen molar-refractivity contribution in [1.82, 2.24) is 0 Å². The number of benzene rings is 9. The second-order valence-electron chi connectivity index (χ2n) is 21.8. The Morgan fingerprint density at radius 3 is 1.56 bits per heavy atom. The van der Waals surface area contributed by atoms with Crippen LogP contribution < -0.4 is 9.80 Å². The van der Waals surface area contributed by atoms with Crippen molar-refractivity contribution < 1.29 is 0 Å². The first-order valence-electron chi connectivity index (χ1n) is 27.0. The molecule has 0 amide bonds. The summed E-state index contributed by atoms with van der Waals surface area (Å²) in [6.45, 7) is 12.0. The maximum Gasteiger partial charge on any atom is 0.0464 e. The summed E-state index contributed by atoms with van der Waals surface area (Å²) in [5.41, 5.74) is 25.0. The largest absolute Gasteiger partial charge is 0.314 e. The number of hydrogen-bond acceptors (Lipinski definition) is 2. The van der Waals surface area contributed by atoms with Crippen LogP contribution in [0.3, 0.4) is 0 Å². The maximum absolute atomic E-state index is 2.56. The zero-order valence-electron chi connectivity index (χ0n) is 43.7. The van der Waals surface area contributed by atoms with E-state index in [4.69, 9.17) is 0 Å². The third kappa shape index (κ3) is 8.21. The molecule has 0 N–H and O–H groups in total. The zero-order valence-corrected chi connectivity index (χ0v) is 43.7. The van der Waals surface area contributed by atoms with Crippen molar-refractivity contribution in [3.8, 4) is 22.3 Å². The molecule has 1 unspecified atom stereocenters. The Bertz CT molecular complexity index is 3890. The van der Waals surface area contributed by atoms with Gasteiger partial charge in [-0.3, -0.25) is 0 Å². The minimum Gasteiger partial charge on any atom is -0.314 e. The van der Waals surface area contributed by atoms with Crippen LogP contribution >= 0.6 is 0 Å². The molecule has 2 heteroatoms. The molecule has 9 aromatic carbocycles. The summed E-state index contributed by atoms with van der Waals surface area (Å²) < 4.78 is 0. The smallest absolute Gasteiger partial charge is 0.0464 e. The van der Waals surface area contributed by atoms with Crippen LogP contribution in [0.1, 0.15) is 70.9 Å². The highest BCUT2D eigenvalue weighted by atomic mass is 15.2. The second-order valence-corrected chi connectivity index (χ2v) is 21.8. The fourth-order valence-corrected chi connectivity index (χ4v) is 12.8. The van der Waals surface area contributed by atoms with E-state index in [0.29, 0.717) is 11.8 Å². The molecular formula is C73H62N2. The van der Waals surface area contributed by atoms with Gasteiger partial charge in [0.2, 0.25) is 0 Å². The number of anilines is 5. The average Bonchev–Trinajstić information content (AvgIpc) is 3.68. The Kier molecular flexibility index (Phi) is 11.6. The summed E-state index contributed by atoms with van der Waals surface area (Å²) in [5.74, 6) is 0.612. The minimum atomic E-state index is -0.129. The van der Waals surface area contributed by atoms with Crippen LogP contribution in [-0.2, 0) is 0 Å². The van der Waals surface area contributed by atoms with E-state index in [1.54, 1.807) is 11.1 Å². The van der Waals surface area contributed by atoms with Crippen LogP contribution in [0, 0.1) is 11.3 Å². The van der Waals surface area contributed by atoms with Crippen molar-refractivity contribution in [2.24, 2.45) is 11.3 Å². The number of allylic oxidation sites excluding steroid dienone is 12. The molecule has 1 atom stereocenters. The van der Waals surface area contributed by atoms with Crippen LogP contribution in [0.5, 0.6) is 0 Å².